The molecule has 0 heterocycles. The van der Waals surface area contributed by atoms with E-state index >= 15 is 0 Å². The van der Waals surface area contributed by atoms with Gasteiger partial charge in [-0.15, -0.1) is 0 Å². The van der Waals surface area contributed by atoms with E-state index in [0.29, 0.717) is 22.3 Å². The van der Waals surface area contributed by atoms with E-state index < -0.39 is 28.9 Å². The van der Waals surface area contributed by atoms with E-state index in [1.165, 1.54) is 24.3 Å². The van der Waals surface area contributed by atoms with Crippen LogP contribution in [0.1, 0.15) is 11.1 Å². The van der Waals surface area contributed by atoms with E-state index in [1.807, 2.05) is 0 Å². The monoisotopic (exact) mass is 456 g/mol. The van der Waals surface area contributed by atoms with Gasteiger partial charge in [0, 0.05) is 0 Å². The Hall–Kier alpha value is -3.54. The van der Waals surface area contributed by atoms with Gasteiger partial charge in [0.25, 0.3) is 0 Å². The highest BCUT2D eigenvalue weighted by atomic mass is 19.4. The smallest absolute Gasteiger partial charge is 0.169 e. The Balaban J connectivity index is 1.87. The van der Waals surface area contributed by atoms with Crippen molar-refractivity contribution in [2.75, 3.05) is 0 Å². The lowest BCUT2D eigenvalue weighted by molar-refractivity contribution is -0.288. The third kappa shape index (κ3) is 4.01. The first-order valence-corrected chi connectivity index (χ1v) is 10.1. The molecule has 0 N–H and O–H groups in total. The molecule has 0 saturated carbocycles. The highest BCUT2D eigenvalue weighted by molar-refractivity contribution is 5.66. The Kier molecular flexibility index (Phi) is 5.78. The van der Waals surface area contributed by atoms with Crippen molar-refractivity contribution >= 4 is 0 Å². The number of hydrogen-bond donors (Lipinski definition) is 0. The lowest BCUT2D eigenvalue weighted by Crippen LogP contribution is -2.54. The summed E-state index contributed by atoms with van der Waals surface area (Å²) in [6.45, 7) is 0. The summed E-state index contributed by atoms with van der Waals surface area (Å²) in [5, 5.41) is 0. The topological polar surface area (TPSA) is 0 Å². The Morgan fingerprint density at radius 3 is 0.879 bits per heavy atom. The van der Waals surface area contributed by atoms with Crippen LogP contribution < -0.4 is 0 Å². The molecule has 0 aliphatic rings. The number of halogens is 6. The Morgan fingerprint density at radius 2 is 0.606 bits per heavy atom. The van der Waals surface area contributed by atoms with Crippen molar-refractivity contribution in [2.24, 2.45) is 0 Å². The zero-order chi connectivity index (χ0) is 23.7. The largest absolute Gasteiger partial charge is 0.411 e. The van der Waals surface area contributed by atoms with Gasteiger partial charge >= 0.3 is 12.4 Å². The molecule has 168 valence electrons. The molecule has 0 fully saturated rings. The number of benzene rings is 4. The molecule has 0 aromatic heterocycles. The first-order chi connectivity index (χ1) is 15.6. The molecular formula is C27H18F6. The van der Waals surface area contributed by atoms with Gasteiger partial charge in [0.2, 0.25) is 5.41 Å². The van der Waals surface area contributed by atoms with Crippen molar-refractivity contribution in [3.8, 4) is 22.3 Å². The van der Waals surface area contributed by atoms with E-state index in [9.17, 15) is 26.3 Å². The van der Waals surface area contributed by atoms with Gasteiger partial charge in [-0.25, -0.2) is 0 Å². The van der Waals surface area contributed by atoms with E-state index in [-0.39, 0.29) is 0 Å². The first kappa shape index (κ1) is 22.6. The summed E-state index contributed by atoms with van der Waals surface area (Å²) in [5.74, 6) is 0. The molecule has 4 aromatic carbocycles. The van der Waals surface area contributed by atoms with Crippen molar-refractivity contribution in [3.05, 3.63) is 120 Å². The molecule has 0 aliphatic heterocycles. The highest BCUT2D eigenvalue weighted by Gasteiger charge is 2.72. The van der Waals surface area contributed by atoms with E-state index in [1.54, 1.807) is 60.7 Å². The van der Waals surface area contributed by atoms with E-state index in [4.69, 9.17) is 0 Å². The summed E-state index contributed by atoms with van der Waals surface area (Å²) in [4.78, 5) is 0. The van der Waals surface area contributed by atoms with Crippen LogP contribution in [0.3, 0.4) is 0 Å². The minimum atomic E-state index is -5.62. The zero-order valence-electron chi connectivity index (χ0n) is 17.2. The maximum Gasteiger partial charge on any atom is 0.411 e. The minimum Gasteiger partial charge on any atom is -0.169 e. The molecule has 0 atom stereocenters. The standard InChI is InChI=1S/C27H18F6/c28-26(29,30)25(27(31,32)33,23-15-11-21(12-16-23)19-7-3-1-4-8-19)24-17-13-22(14-18-24)20-9-5-2-6-10-20/h1-18H. The number of rotatable bonds is 4. The molecule has 4 rings (SSSR count). The Bertz CT molecular complexity index is 1090. The third-order valence-electron chi connectivity index (χ3n) is 5.70. The lowest BCUT2D eigenvalue weighted by atomic mass is 9.72. The normalized spacial score (nSPS) is 12.5. The second-order valence-electron chi connectivity index (χ2n) is 7.63. The fourth-order valence-corrected chi connectivity index (χ4v) is 4.07. The van der Waals surface area contributed by atoms with Gasteiger partial charge in [0.1, 0.15) is 0 Å². The highest BCUT2D eigenvalue weighted by Crippen LogP contribution is 2.56. The van der Waals surface area contributed by atoms with Crippen LogP contribution >= 0.6 is 0 Å². The molecule has 0 unspecified atom stereocenters. The maximum atomic E-state index is 14.4. The second kappa shape index (κ2) is 8.43. The number of hydrogen-bond acceptors (Lipinski definition) is 0. The quantitative estimate of drug-likeness (QED) is 0.270. The van der Waals surface area contributed by atoms with E-state index in [0.717, 1.165) is 24.3 Å². The molecule has 0 radical (unpaired) electrons. The Labute approximate surface area is 187 Å². The van der Waals surface area contributed by atoms with Gasteiger partial charge < -0.3 is 0 Å². The van der Waals surface area contributed by atoms with Crippen LogP contribution in [0.15, 0.2) is 109 Å². The van der Waals surface area contributed by atoms with Gasteiger partial charge in [-0.3, -0.25) is 0 Å². The van der Waals surface area contributed by atoms with Gasteiger partial charge in [0.15, 0.2) is 0 Å². The third-order valence-corrected chi connectivity index (χ3v) is 5.70. The molecule has 0 nitrogen and oxygen atoms in total. The lowest BCUT2D eigenvalue weighted by Gasteiger charge is -2.38. The van der Waals surface area contributed by atoms with Crippen LogP contribution in [0.25, 0.3) is 22.3 Å². The average Bonchev–Trinajstić information content (AvgIpc) is 2.80. The summed E-state index contributed by atoms with van der Waals surface area (Å²) in [7, 11) is 0. The van der Waals surface area contributed by atoms with E-state index in [2.05, 4.69) is 0 Å². The van der Waals surface area contributed by atoms with Gasteiger partial charge in [-0.1, -0.05) is 109 Å². The van der Waals surface area contributed by atoms with Crippen LogP contribution in [-0.4, -0.2) is 12.4 Å². The van der Waals surface area contributed by atoms with Crippen molar-refractivity contribution in [2.45, 2.75) is 17.8 Å². The fraction of sp³-hybridized carbons (Fsp3) is 0.111. The van der Waals surface area contributed by atoms with Crippen molar-refractivity contribution in [1.29, 1.82) is 0 Å². The second-order valence-corrected chi connectivity index (χ2v) is 7.63. The molecule has 0 spiro atoms. The molecule has 4 aromatic rings. The maximum absolute atomic E-state index is 14.4. The average molecular weight is 456 g/mol. The van der Waals surface area contributed by atoms with Crippen LogP contribution in [0.4, 0.5) is 26.3 Å². The summed E-state index contributed by atoms with van der Waals surface area (Å²) < 4.78 is 86.2. The van der Waals surface area contributed by atoms with Crippen LogP contribution in [0.5, 0.6) is 0 Å². The minimum absolute atomic E-state index is 0.525. The van der Waals surface area contributed by atoms with Crippen molar-refractivity contribution in [1.82, 2.24) is 0 Å². The zero-order valence-corrected chi connectivity index (χ0v) is 17.2. The summed E-state index contributed by atoms with van der Waals surface area (Å²) >= 11 is 0. The fourth-order valence-electron chi connectivity index (χ4n) is 4.07. The molecule has 6 heteroatoms. The number of alkyl halides is 6. The molecule has 0 amide bonds. The first-order valence-electron chi connectivity index (χ1n) is 10.1. The molecular weight excluding hydrogens is 438 g/mol. The van der Waals surface area contributed by atoms with Crippen LogP contribution in [0, 0.1) is 0 Å². The predicted octanol–water partition coefficient (Wildman–Crippen LogP) is 8.43. The molecule has 0 bridgehead atoms. The molecule has 0 aliphatic carbocycles. The van der Waals surface area contributed by atoms with Crippen molar-refractivity contribution in [3.63, 3.8) is 0 Å². The van der Waals surface area contributed by atoms with Crippen LogP contribution in [-0.2, 0) is 5.41 Å². The predicted molar refractivity (Wildman–Crippen MR) is 117 cm³/mol. The summed E-state index contributed by atoms with van der Waals surface area (Å²) in [6, 6.07) is 26.2. The summed E-state index contributed by atoms with van der Waals surface area (Å²) in [5.41, 5.74) is -3.48. The van der Waals surface area contributed by atoms with Gasteiger partial charge in [0.05, 0.1) is 0 Å². The summed E-state index contributed by atoms with van der Waals surface area (Å²) in [6.07, 6.45) is -11.2. The molecule has 0 saturated heterocycles. The Morgan fingerprint density at radius 1 is 0.333 bits per heavy atom. The SMILES string of the molecule is FC(F)(F)C(c1ccc(-c2ccccc2)cc1)(c1ccc(-c2ccccc2)cc1)C(F)(F)F. The van der Waals surface area contributed by atoms with Crippen LogP contribution in [0.2, 0.25) is 0 Å². The van der Waals surface area contributed by atoms with Crippen molar-refractivity contribution < 1.29 is 26.3 Å². The van der Waals surface area contributed by atoms with Gasteiger partial charge in [-0.2, -0.15) is 26.3 Å². The van der Waals surface area contributed by atoms with Gasteiger partial charge in [-0.05, 0) is 33.4 Å². The molecule has 33 heavy (non-hydrogen) atoms.